The highest BCUT2D eigenvalue weighted by Crippen LogP contribution is 2.29. The molecule has 1 aliphatic rings. The summed E-state index contributed by atoms with van der Waals surface area (Å²) in [5.74, 6) is -0.0808. The lowest BCUT2D eigenvalue weighted by Gasteiger charge is -2.26. The highest BCUT2D eigenvalue weighted by molar-refractivity contribution is 7.80. The second-order valence-corrected chi connectivity index (χ2v) is 5.33. The van der Waals surface area contributed by atoms with E-state index in [1.807, 2.05) is 4.90 Å². The molecule has 0 spiro atoms. The third-order valence-electron chi connectivity index (χ3n) is 3.24. The number of thiocarbonyl (C=S) groups is 1. The van der Waals surface area contributed by atoms with Crippen molar-refractivity contribution in [2.75, 3.05) is 6.54 Å². The fourth-order valence-electron chi connectivity index (χ4n) is 2.06. The Morgan fingerprint density at radius 2 is 2.06 bits per heavy atom. The number of nitrogens with zero attached hydrogens (tertiary/aromatic N) is 1. The summed E-state index contributed by atoms with van der Waals surface area (Å²) in [4.78, 5) is 14.8. The van der Waals surface area contributed by atoms with Gasteiger partial charge in [-0.3, -0.25) is 4.79 Å². The van der Waals surface area contributed by atoms with Gasteiger partial charge in [0.1, 0.15) is 0 Å². The molecule has 1 fully saturated rings. The van der Waals surface area contributed by atoms with Crippen molar-refractivity contribution in [3.8, 4) is 0 Å². The molecule has 1 saturated carbocycles. The smallest absolute Gasteiger partial charge is 0.232 e. The van der Waals surface area contributed by atoms with Gasteiger partial charge in [-0.1, -0.05) is 38.9 Å². The highest BCUT2D eigenvalue weighted by Gasteiger charge is 2.35. The van der Waals surface area contributed by atoms with Gasteiger partial charge in [0.05, 0.1) is 10.9 Å². The SMILES string of the molecule is CCCCN(C(=O)C(CCC)C(N)=S)C1CC1. The van der Waals surface area contributed by atoms with E-state index < -0.39 is 0 Å². The van der Waals surface area contributed by atoms with Crippen LogP contribution < -0.4 is 5.73 Å². The zero-order chi connectivity index (χ0) is 12.8. The standard InChI is InChI=1S/C13H24N2OS/c1-3-5-9-15(10-7-8-10)13(16)11(6-4-2)12(14)17/h10-11H,3-9H2,1-2H3,(H2,14,17). The minimum absolute atomic E-state index is 0.162. The summed E-state index contributed by atoms with van der Waals surface area (Å²) in [5.41, 5.74) is 5.69. The molecule has 0 aromatic carbocycles. The summed E-state index contributed by atoms with van der Waals surface area (Å²) in [7, 11) is 0. The van der Waals surface area contributed by atoms with E-state index in [1.54, 1.807) is 0 Å². The lowest BCUT2D eigenvalue weighted by atomic mass is 10.0. The fraction of sp³-hybridized carbons (Fsp3) is 0.846. The van der Waals surface area contributed by atoms with Gasteiger partial charge in [-0.15, -0.1) is 0 Å². The van der Waals surface area contributed by atoms with Crippen LogP contribution in [0.5, 0.6) is 0 Å². The average molecular weight is 256 g/mol. The highest BCUT2D eigenvalue weighted by atomic mass is 32.1. The molecule has 2 N–H and O–H groups in total. The molecule has 0 bridgehead atoms. The molecule has 1 aliphatic carbocycles. The summed E-state index contributed by atoms with van der Waals surface area (Å²) in [6.07, 6.45) is 6.20. The molecule has 3 nitrogen and oxygen atoms in total. The summed E-state index contributed by atoms with van der Waals surface area (Å²) in [6, 6.07) is 0.461. The molecule has 1 rings (SSSR count). The topological polar surface area (TPSA) is 46.3 Å². The maximum atomic E-state index is 12.4. The van der Waals surface area contributed by atoms with Crippen LogP contribution >= 0.6 is 12.2 Å². The van der Waals surface area contributed by atoms with Gasteiger partial charge < -0.3 is 10.6 Å². The molecular weight excluding hydrogens is 232 g/mol. The molecule has 1 atom stereocenters. The van der Waals surface area contributed by atoms with Crippen LogP contribution in [0, 0.1) is 5.92 Å². The number of amides is 1. The molecule has 98 valence electrons. The Kier molecular flexibility index (Phi) is 5.89. The number of carbonyl (C=O) groups excluding carboxylic acids is 1. The summed E-state index contributed by atoms with van der Waals surface area (Å²) in [5, 5.41) is 0. The molecule has 4 heteroatoms. The molecule has 0 aliphatic heterocycles. The predicted molar refractivity (Wildman–Crippen MR) is 74.8 cm³/mol. The van der Waals surface area contributed by atoms with Crippen LogP contribution in [-0.2, 0) is 4.79 Å². The van der Waals surface area contributed by atoms with Gasteiger partial charge in [0.2, 0.25) is 5.91 Å². The number of rotatable bonds is 8. The fourth-order valence-corrected chi connectivity index (χ4v) is 2.28. The molecule has 17 heavy (non-hydrogen) atoms. The first-order valence-corrected chi connectivity index (χ1v) is 7.12. The van der Waals surface area contributed by atoms with Gasteiger partial charge in [-0.2, -0.15) is 0 Å². The number of hydrogen-bond acceptors (Lipinski definition) is 2. The van der Waals surface area contributed by atoms with E-state index in [0.29, 0.717) is 11.0 Å². The van der Waals surface area contributed by atoms with E-state index in [0.717, 1.165) is 45.1 Å². The number of unbranched alkanes of at least 4 members (excludes halogenated alkanes) is 1. The number of nitrogens with two attached hydrogens (primary N) is 1. The van der Waals surface area contributed by atoms with Crippen molar-refractivity contribution < 1.29 is 4.79 Å². The Labute approximate surface area is 110 Å². The molecule has 1 amide bonds. The first-order chi connectivity index (χ1) is 8.11. The van der Waals surface area contributed by atoms with Crippen molar-refractivity contribution >= 4 is 23.1 Å². The van der Waals surface area contributed by atoms with Crippen molar-refractivity contribution in [1.29, 1.82) is 0 Å². The molecule has 0 heterocycles. The Morgan fingerprint density at radius 1 is 1.41 bits per heavy atom. The maximum Gasteiger partial charge on any atom is 0.232 e. The number of hydrogen-bond donors (Lipinski definition) is 1. The third kappa shape index (κ3) is 4.26. The summed E-state index contributed by atoms with van der Waals surface area (Å²) < 4.78 is 0. The van der Waals surface area contributed by atoms with Crippen molar-refractivity contribution in [3.63, 3.8) is 0 Å². The minimum atomic E-state index is -0.243. The molecule has 0 aromatic heterocycles. The van der Waals surface area contributed by atoms with Gasteiger partial charge in [-0.05, 0) is 25.7 Å². The van der Waals surface area contributed by atoms with Crippen molar-refractivity contribution in [3.05, 3.63) is 0 Å². The number of carbonyl (C=O) groups is 1. The zero-order valence-electron chi connectivity index (χ0n) is 10.9. The molecule has 0 aromatic rings. The minimum Gasteiger partial charge on any atom is -0.393 e. The molecule has 1 unspecified atom stereocenters. The lowest BCUT2D eigenvalue weighted by molar-refractivity contribution is -0.134. The van der Waals surface area contributed by atoms with Crippen LogP contribution in [0.2, 0.25) is 0 Å². The van der Waals surface area contributed by atoms with Gasteiger partial charge in [0.25, 0.3) is 0 Å². The van der Waals surface area contributed by atoms with Crippen molar-refractivity contribution in [2.24, 2.45) is 11.7 Å². The van der Waals surface area contributed by atoms with E-state index in [9.17, 15) is 4.79 Å². The first-order valence-electron chi connectivity index (χ1n) is 6.71. The Bertz CT molecular complexity index is 277. The van der Waals surface area contributed by atoms with Gasteiger partial charge in [0.15, 0.2) is 0 Å². The summed E-state index contributed by atoms with van der Waals surface area (Å²) >= 11 is 5.03. The van der Waals surface area contributed by atoms with E-state index in [1.165, 1.54) is 0 Å². The van der Waals surface area contributed by atoms with Gasteiger partial charge in [0, 0.05) is 12.6 Å². The van der Waals surface area contributed by atoms with Crippen LogP contribution in [0.25, 0.3) is 0 Å². The molecular formula is C13H24N2OS. The van der Waals surface area contributed by atoms with Gasteiger partial charge >= 0.3 is 0 Å². The monoisotopic (exact) mass is 256 g/mol. The Balaban J connectivity index is 2.63. The quantitative estimate of drug-likeness (QED) is 0.679. The predicted octanol–water partition coefficient (Wildman–Crippen LogP) is 2.48. The van der Waals surface area contributed by atoms with E-state index in [2.05, 4.69) is 13.8 Å². The normalized spacial score (nSPS) is 16.6. The molecule has 0 saturated heterocycles. The average Bonchev–Trinajstić information content (AvgIpc) is 3.10. The largest absolute Gasteiger partial charge is 0.393 e. The van der Waals surface area contributed by atoms with E-state index >= 15 is 0 Å². The Hall–Kier alpha value is -0.640. The Morgan fingerprint density at radius 3 is 2.47 bits per heavy atom. The van der Waals surface area contributed by atoms with E-state index in [4.69, 9.17) is 18.0 Å². The van der Waals surface area contributed by atoms with Crippen LogP contribution in [-0.4, -0.2) is 28.4 Å². The first kappa shape index (κ1) is 14.4. The lowest BCUT2D eigenvalue weighted by Crippen LogP contribution is -2.42. The summed E-state index contributed by atoms with van der Waals surface area (Å²) in [6.45, 7) is 5.07. The van der Waals surface area contributed by atoms with Crippen LogP contribution in [0.3, 0.4) is 0 Å². The second kappa shape index (κ2) is 6.94. The second-order valence-electron chi connectivity index (χ2n) is 4.86. The molecule has 0 radical (unpaired) electrons. The van der Waals surface area contributed by atoms with Crippen LogP contribution in [0.15, 0.2) is 0 Å². The maximum absolute atomic E-state index is 12.4. The van der Waals surface area contributed by atoms with Crippen LogP contribution in [0.4, 0.5) is 0 Å². The zero-order valence-corrected chi connectivity index (χ0v) is 11.8. The van der Waals surface area contributed by atoms with Crippen LogP contribution in [0.1, 0.15) is 52.4 Å². The third-order valence-corrected chi connectivity index (χ3v) is 3.53. The van der Waals surface area contributed by atoms with Crippen molar-refractivity contribution in [2.45, 2.75) is 58.4 Å². The van der Waals surface area contributed by atoms with Gasteiger partial charge in [-0.25, -0.2) is 0 Å². The van der Waals surface area contributed by atoms with Crippen molar-refractivity contribution in [1.82, 2.24) is 4.90 Å². The van der Waals surface area contributed by atoms with E-state index in [-0.39, 0.29) is 11.8 Å².